The van der Waals surface area contributed by atoms with Gasteiger partial charge in [-0.25, -0.2) is 4.79 Å². The van der Waals surface area contributed by atoms with Crippen molar-refractivity contribution in [2.45, 2.75) is 18.9 Å². The van der Waals surface area contributed by atoms with Gasteiger partial charge in [0.05, 0.1) is 5.92 Å². The number of benzene rings is 1. The van der Waals surface area contributed by atoms with Crippen molar-refractivity contribution in [1.82, 2.24) is 10.6 Å². The molecule has 0 heterocycles. The second-order valence-electron chi connectivity index (χ2n) is 4.28. The zero-order valence-corrected chi connectivity index (χ0v) is 11.0. The van der Waals surface area contributed by atoms with Gasteiger partial charge in [0.1, 0.15) is 6.04 Å². The SMILES string of the molecule is CC(NC(N)=O)C(=O)NCC(C(=O)O)c1ccccc1. The summed E-state index contributed by atoms with van der Waals surface area (Å²) in [7, 11) is 0. The highest BCUT2D eigenvalue weighted by Crippen LogP contribution is 2.14. The Labute approximate surface area is 116 Å². The fourth-order valence-electron chi connectivity index (χ4n) is 1.67. The number of carbonyl (C=O) groups excluding carboxylic acids is 2. The predicted octanol–water partition coefficient (Wildman–Crippen LogP) is 0.0278. The van der Waals surface area contributed by atoms with Crippen LogP contribution in [0.4, 0.5) is 4.79 Å². The normalized spacial score (nSPS) is 13.1. The molecule has 108 valence electrons. The lowest BCUT2D eigenvalue weighted by molar-refractivity contribution is -0.138. The second kappa shape index (κ2) is 7.13. The molecule has 0 aliphatic carbocycles. The summed E-state index contributed by atoms with van der Waals surface area (Å²) in [6.45, 7) is 1.39. The fourth-order valence-corrected chi connectivity index (χ4v) is 1.67. The van der Waals surface area contributed by atoms with E-state index in [0.29, 0.717) is 5.56 Å². The van der Waals surface area contributed by atoms with Crippen LogP contribution in [0.25, 0.3) is 0 Å². The third kappa shape index (κ3) is 4.60. The predicted molar refractivity (Wildman–Crippen MR) is 72.0 cm³/mol. The van der Waals surface area contributed by atoms with Gasteiger partial charge in [0, 0.05) is 6.54 Å². The maximum absolute atomic E-state index is 11.7. The van der Waals surface area contributed by atoms with Crippen molar-refractivity contribution >= 4 is 17.9 Å². The van der Waals surface area contributed by atoms with Gasteiger partial charge in [-0.05, 0) is 12.5 Å². The summed E-state index contributed by atoms with van der Waals surface area (Å²) in [6, 6.07) is 6.95. The Kier molecular flexibility index (Phi) is 5.52. The molecule has 0 radical (unpaired) electrons. The number of aliphatic carboxylic acids is 1. The highest BCUT2D eigenvalue weighted by Gasteiger charge is 2.22. The first kappa shape index (κ1) is 15.5. The van der Waals surface area contributed by atoms with Crippen molar-refractivity contribution in [3.8, 4) is 0 Å². The van der Waals surface area contributed by atoms with E-state index in [1.54, 1.807) is 30.3 Å². The smallest absolute Gasteiger partial charge is 0.312 e. The van der Waals surface area contributed by atoms with Gasteiger partial charge in [-0.3, -0.25) is 9.59 Å². The van der Waals surface area contributed by atoms with E-state index in [1.807, 2.05) is 0 Å². The number of hydrogen-bond donors (Lipinski definition) is 4. The molecule has 2 atom stereocenters. The van der Waals surface area contributed by atoms with Crippen molar-refractivity contribution in [2.24, 2.45) is 5.73 Å². The van der Waals surface area contributed by atoms with Crippen LogP contribution in [0.2, 0.25) is 0 Å². The number of rotatable bonds is 6. The molecule has 1 aromatic rings. The van der Waals surface area contributed by atoms with Crippen LogP contribution < -0.4 is 16.4 Å². The van der Waals surface area contributed by atoms with Crippen molar-refractivity contribution in [3.63, 3.8) is 0 Å². The van der Waals surface area contributed by atoms with Gasteiger partial charge >= 0.3 is 12.0 Å². The van der Waals surface area contributed by atoms with Gasteiger partial charge < -0.3 is 21.5 Å². The third-order valence-corrected chi connectivity index (χ3v) is 2.73. The number of carboxylic acids is 1. The number of carbonyl (C=O) groups is 3. The van der Waals surface area contributed by atoms with Gasteiger partial charge in [-0.2, -0.15) is 0 Å². The Morgan fingerprint density at radius 1 is 1.25 bits per heavy atom. The van der Waals surface area contributed by atoms with E-state index in [1.165, 1.54) is 6.92 Å². The zero-order valence-electron chi connectivity index (χ0n) is 11.0. The summed E-state index contributed by atoms with van der Waals surface area (Å²) in [5.41, 5.74) is 5.50. The van der Waals surface area contributed by atoms with Gasteiger partial charge in [-0.15, -0.1) is 0 Å². The van der Waals surface area contributed by atoms with E-state index < -0.39 is 29.9 Å². The van der Waals surface area contributed by atoms with Crippen LogP contribution in [0.5, 0.6) is 0 Å². The topological polar surface area (TPSA) is 122 Å². The monoisotopic (exact) mass is 279 g/mol. The van der Waals surface area contributed by atoms with Crippen LogP contribution in [0.1, 0.15) is 18.4 Å². The molecule has 2 unspecified atom stereocenters. The van der Waals surface area contributed by atoms with Crippen molar-refractivity contribution in [3.05, 3.63) is 35.9 Å². The lowest BCUT2D eigenvalue weighted by Gasteiger charge is -2.16. The third-order valence-electron chi connectivity index (χ3n) is 2.73. The fraction of sp³-hybridized carbons (Fsp3) is 0.308. The molecule has 7 nitrogen and oxygen atoms in total. The van der Waals surface area contributed by atoms with E-state index in [9.17, 15) is 19.5 Å². The Bertz CT molecular complexity index is 490. The van der Waals surface area contributed by atoms with Crippen LogP contribution >= 0.6 is 0 Å². The van der Waals surface area contributed by atoms with Crippen molar-refractivity contribution in [2.75, 3.05) is 6.54 Å². The molecule has 0 fully saturated rings. The van der Waals surface area contributed by atoms with Crippen LogP contribution in [0, 0.1) is 0 Å². The largest absolute Gasteiger partial charge is 0.481 e. The maximum atomic E-state index is 11.7. The van der Waals surface area contributed by atoms with E-state index in [4.69, 9.17) is 5.73 Å². The number of amides is 3. The molecule has 1 aromatic carbocycles. The molecule has 1 rings (SSSR count). The summed E-state index contributed by atoms with van der Waals surface area (Å²) in [5.74, 6) is -2.38. The number of nitrogens with two attached hydrogens (primary N) is 1. The summed E-state index contributed by atoms with van der Waals surface area (Å²) < 4.78 is 0. The van der Waals surface area contributed by atoms with Crippen LogP contribution in [-0.2, 0) is 9.59 Å². The number of carboxylic acid groups (broad SMARTS) is 1. The molecular weight excluding hydrogens is 262 g/mol. The summed E-state index contributed by atoms with van der Waals surface area (Å²) in [4.78, 5) is 33.5. The lowest BCUT2D eigenvalue weighted by Crippen LogP contribution is -2.47. The van der Waals surface area contributed by atoms with Crippen LogP contribution in [0.15, 0.2) is 30.3 Å². The molecule has 0 saturated carbocycles. The highest BCUT2D eigenvalue weighted by molar-refractivity contribution is 5.86. The Morgan fingerprint density at radius 3 is 2.35 bits per heavy atom. The standard InChI is InChI=1S/C13H17N3O4/c1-8(16-13(14)20)11(17)15-7-10(12(18)19)9-5-3-2-4-6-9/h2-6,8,10H,7H2,1H3,(H,15,17)(H,18,19)(H3,14,16,20). The molecule has 0 aliphatic rings. The molecule has 3 amide bonds. The van der Waals surface area contributed by atoms with Crippen molar-refractivity contribution in [1.29, 1.82) is 0 Å². The van der Waals surface area contributed by atoms with Crippen LogP contribution in [-0.4, -0.2) is 35.6 Å². The van der Waals surface area contributed by atoms with E-state index in [-0.39, 0.29) is 6.54 Å². The highest BCUT2D eigenvalue weighted by atomic mass is 16.4. The quantitative estimate of drug-likeness (QED) is 0.586. The van der Waals surface area contributed by atoms with Gasteiger partial charge in [-0.1, -0.05) is 30.3 Å². The summed E-state index contributed by atoms with van der Waals surface area (Å²) in [5, 5.41) is 13.9. The molecule has 7 heteroatoms. The number of urea groups is 1. The Hall–Kier alpha value is -2.57. The van der Waals surface area contributed by atoms with E-state index in [2.05, 4.69) is 10.6 Å². The summed E-state index contributed by atoms with van der Waals surface area (Å²) in [6.07, 6.45) is 0. The number of nitrogens with one attached hydrogen (secondary N) is 2. The van der Waals surface area contributed by atoms with Gasteiger partial charge in [0.25, 0.3) is 0 Å². The molecule has 0 saturated heterocycles. The maximum Gasteiger partial charge on any atom is 0.312 e. The molecule has 0 aliphatic heterocycles. The summed E-state index contributed by atoms with van der Waals surface area (Å²) >= 11 is 0. The number of primary amides is 1. The second-order valence-corrected chi connectivity index (χ2v) is 4.28. The van der Waals surface area contributed by atoms with Gasteiger partial charge in [0.2, 0.25) is 5.91 Å². The molecule has 20 heavy (non-hydrogen) atoms. The first-order chi connectivity index (χ1) is 9.41. The lowest BCUT2D eigenvalue weighted by atomic mass is 9.99. The number of hydrogen-bond acceptors (Lipinski definition) is 3. The average molecular weight is 279 g/mol. The Balaban J connectivity index is 2.63. The van der Waals surface area contributed by atoms with E-state index >= 15 is 0 Å². The molecule has 5 N–H and O–H groups in total. The average Bonchev–Trinajstić information content (AvgIpc) is 2.38. The minimum Gasteiger partial charge on any atom is -0.481 e. The Morgan fingerprint density at radius 2 is 1.85 bits per heavy atom. The first-order valence-electron chi connectivity index (χ1n) is 6.03. The minimum atomic E-state index is -1.04. The molecule has 0 spiro atoms. The van der Waals surface area contributed by atoms with E-state index in [0.717, 1.165) is 0 Å². The molecule has 0 aromatic heterocycles. The molecular formula is C13H17N3O4. The van der Waals surface area contributed by atoms with Crippen molar-refractivity contribution < 1.29 is 19.5 Å². The van der Waals surface area contributed by atoms with Gasteiger partial charge in [0.15, 0.2) is 0 Å². The minimum absolute atomic E-state index is 0.0665. The first-order valence-corrected chi connectivity index (χ1v) is 6.03. The molecule has 0 bridgehead atoms. The van der Waals surface area contributed by atoms with Crippen LogP contribution in [0.3, 0.4) is 0 Å². The zero-order chi connectivity index (χ0) is 15.1.